The van der Waals surface area contributed by atoms with Crippen LogP contribution in [-0.2, 0) is 9.53 Å². The number of ether oxygens (including phenoxy) is 1. The molecule has 0 radical (unpaired) electrons. The first kappa shape index (κ1) is 19.4. The highest BCUT2D eigenvalue weighted by Crippen LogP contribution is 2.66. The van der Waals surface area contributed by atoms with Crippen LogP contribution in [0.5, 0.6) is 0 Å². The number of carbonyl (C=O) groups excluding carboxylic acids is 1. The maximum Gasteiger partial charge on any atom is 0.306 e. The van der Waals surface area contributed by atoms with E-state index in [1.807, 2.05) is 6.92 Å². The van der Waals surface area contributed by atoms with Crippen molar-refractivity contribution in [3.8, 4) is 0 Å². The lowest BCUT2D eigenvalue weighted by Gasteiger charge is -2.56. The molecule has 4 N–H and O–H groups in total. The first-order chi connectivity index (χ1) is 18.2. The number of hydrogen-bond donors (Lipinski definition) is 4. The molecule has 0 amide bonds. The summed E-state index contributed by atoms with van der Waals surface area (Å²) in [7, 11) is 0. The molecule has 0 aromatic rings. The smallest absolute Gasteiger partial charge is 0.306 e. The summed E-state index contributed by atoms with van der Waals surface area (Å²) in [5.41, 5.74) is -0.746. The third-order valence-corrected chi connectivity index (χ3v) is 10.7. The van der Waals surface area contributed by atoms with Crippen LogP contribution >= 0.6 is 0 Å². The van der Waals surface area contributed by atoms with Crippen molar-refractivity contribution < 1.29 is 38.2 Å². The molecule has 1 saturated heterocycles. The maximum absolute atomic E-state index is 13.0. The van der Waals surface area contributed by atoms with Crippen LogP contribution in [0.15, 0.2) is 0 Å². The van der Waals surface area contributed by atoms with Crippen LogP contribution in [0.3, 0.4) is 0 Å². The highest BCUT2D eigenvalue weighted by Gasteiger charge is 2.62. The monoisotopic (exact) mass is 486 g/mol. The van der Waals surface area contributed by atoms with Crippen molar-refractivity contribution in [3.05, 3.63) is 0 Å². The first-order valence-corrected chi connectivity index (χ1v) is 13.1. The fourth-order valence-corrected chi connectivity index (χ4v) is 8.69. The molecule has 1 aliphatic heterocycles. The van der Waals surface area contributed by atoms with E-state index in [4.69, 9.17) is 13.0 Å². The number of aliphatic hydroxyl groups is 4. The molecular formula is C28H48O6. The van der Waals surface area contributed by atoms with E-state index in [1.54, 1.807) is 0 Å². The average molecular weight is 487 g/mol. The molecule has 196 valence electrons. The van der Waals surface area contributed by atoms with Crippen LogP contribution in [0, 0.1) is 52.3 Å². The Balaban J connectivity index is 1.59. The Morgan fingerprint density at radius 3 is 2.38 bits per heavy atom. The summed E-state index contributed by atoms with van der Waals surface area (Å²) in [5, 5.41) is 43.4. The summed E-state index contributed by atoms with van der Waals surface area (Å²) in [6, 6.07) is 0. The molecule has 4 fully saturated rings. The summed E-state index contributed by atoms with van der Waals surface area (Å²) in [6.07, 6.45) is -1.44. The van der Waals surface area contributed by atoms with Crippen LogP contribution in [0.2, 0.25) is 0 Å². The molecule has 3 saturated carbocycles. The number of rotatable bonds is 5. The molecule has 1 unspecified atom stereocenters. The maximum atomic E-state index is 13.0. The number of aliphatic hydroxyl groups excluding tert-OH is 4. The van der Waals surface area contributed by atoms with Crippen LogP contribution < -0.4 is 0 Å². The van der Waals surface area contributed by atoms with E-state index in [2.05, 4.69) is 13.8 Å². The van der Waals surface area contributed by atoms with Gasteiger partial charge in [-0.1, -0.05) is 41.4 Å². The topological polar surface area (TPSA) is 107 Å². The van der Waals surface area contributed by atoms with Crippen molar-refractivity contribution in [1.82, 2.24) is 0 Å². The van der Waals surface area contributed by atoms with Crippen molar-refractivity contribution in [3.63, 3.8) is 0 Å². The average Bonchev–Trinajstić information content (AvgIpc) is 3.12. The van der Waals surface area contributed by atoms with E-state index in [-0.39, 0.29) is 47.9 Å². The molecule has 0 bridgehead atoms. The molecular weight excluding hydrogens is 432 g/mol. The second-order valence-corrected chi connectivity index (χ2v) is 12.5. The highest BCUT2D eigenvalue weighted by atomic mass is 16.5. The van der Waals surface area contributed by atoms with Crippen molar-refractivity contribution in [2.45, 2.75) is 117 Å². The Morgan fingerprint density at radius 1 is 1.00 bits per heavy atom. The molecule has 14 atom stereocenters. The molecule has 0 aromatic carbocycles. The second-order valence-electron chi connectivity index (χ2n) is 12.5. The zero-order valence-corrected chi connectivity index (χ0v) is 21.0. The fourth-order valence-electron chi connectivity index (χ4n) is 8.69. The Labute approximate surface area is 213 Å². The Morgan fingerprint density at radius 2 is 1.71 bits per heavy atom. The molecule has 34 heavy (non-hydrogen) atoms. The molecule has 4 rings (SSSR count). The fraction of sp³-hybridized carbons (Fsp3) is 0.964. The van der Waals surface area contributed by atoms with Gasteiger partial charge in [0, 0.05) is 26.5 Å². The van der Waals surface area contributed by atoms with Crippen LogP contribution in [-0.4, -0.2) is 56.9 Å². The van der Waals surface area contributed by atoms with Crippen molar-refractivity contribution in [1.29, 1.82) is 0 Å². The lowest BCUT2D eigenvalue weighted by molar-refractivity contribution is -0.175. The Bertz CT molecular complexity index is 943. The standard InChI is InChI=1S/C28H48O6/c1-14(2)15(3)25(32)26(33)16(4)18-7-8-19-17-11-24(31)34-23-12-21(29)22(30)13-28(23,6)20(17)9-10-27(18,19)5/h14-23,25-26,29-30,32-33H,7-13H2,1-6H3/t15-,16-,17-,18+,19-,20-,21-,22+,23-,25+,26+,27+,28+/m0/s1/i1D3,3D3/t14?,15-,16-,17-,18+,19-,20-,21-,22+,23-,25+,26+,27+,28+. The van der Waals surface area contributed by atoms with Gasteiger partial charge in [0.15, 0.2) is 0 Å². The summed E-state index contributed by atoms with van der Waals surface area (Å²) >= 11 is 0. The van der Waals surface area contributed by atoms with Gasteiger partial charge in [-0.15, -0.1) is 0 Å². The number of hydrogen-bond acceptors (Lipinski definition) is 6. The zero-order valence-electron chi connectivity index (χ0n) is 27.0. The first-order valence-electron chi connectivity index (χ1n) is 16.1. The van der Waals surface area contributed by atoms with Gasteiger partial charge < -0.3 is 25.2 Å². The summed E-state index contributed by atoms with van der Waals surface area (Å²) in [5.74, 6) is -3.54. The van der Waals surface area contributed by atoms with Gasteiger partial charge in [-0.2, -0.15) is 0 Å². The zero-order chi connectivity index (χ0) is 30.2. The molecule has 4 aliphatic rings. The third kappa shape index (κ3) is 4.14. The van der Waals surface area contributed by atoms with Gasteiger partial charge in [0.2, 0.25) is 0 Å². The summed E-state index contributed by atoms with van der Waals surface area (Å²) in [6.45, 7) is 1.98. The SMILES string of the molecule is [2H]C([2H])([2H])C(C)[C@@H]([C@@H](O)[C@H](O)[C@@H](C)[C@H]1CC[C@H]2[C@@H]3CC(=O)O[C@H]4C[C@H](O)[C@H](O)C[C@]4(C)[C@H]3CC[C@]12C)C([2H])([2H])[2H]. The number of carbonyl (C=O) groups is 1. The van der Waals surface area contributed by atoms with Crippen LogP contribution in [0.4, 0.5) is 0 Å². The minimum atomic E-state index is -2.76. The van der Waals surface area contributed by atoms with E-state index in [0.717, 1.165) is 25.7 Å². The molecule has 3 aliphatic carbocycles. The van der Waals surface area contributed by atoms with Gasteiger partial charge >= 0.3 is 5.97 Å². The quantitative estimate of drug-likeness (QED) is 0.443. The predicted octanol–water partition coefficient (Wildman–Crippen LogP) is 3.53. The van der Waals surface area contributed by atoms with Gasteiger partial charge in [-0.05, 0) is 78.9 Å². The Hall–Kier alpha value is -0.690. The number of esters is 1. The van der Waals surface area contributed by atoms with E-state index >= 15 is 0 Å². The molecule has 6 nitrogen and oxygen atoms in total. The molecule has 6 heteroatoms. The lowest BCUT2D eigenvalue weighted by Crippen LogP contribution is -2.55. The van der Waals surface area contributed by atoms with Gasteiger partial charge in [-0.25, -0.2) is 0 Å². The molecule has 0 aromatic heterocycles. The van der Waals surface area contributed by atoms with Crippen molar-refractivity contribution in [2.75, 3.05) is 0 Å². The largest absolute Gasteiger partial charge is 0.462 e. The van der Waals surface area contributed by atoms with Crippen molar-refractivity contribution in [2.24, 2.45) is 52.3 Å². The van der Waals surface area contributed by atoms with Gasteiger partial charge in [0.05, 0.1) is 24.4 Å². The van der Waals surface area contributed by atoms with E-state index in [0.29, 0.717) is 6.42 Å². The normalized spacial score (nSPS) is 52.2. The Kier molecular flexibility index (Phi) is 5.32. The van der Waals surface area contributed by atoms with E-state index in [1.165, 1.54) is 6.92 Å². The van der Waals surface area contributed by atoms with Gasteiger partial charge in [0.25, 0.3) is 0 Å². The molecule has 0 spiro atoms. The van der Waals surface area contributed by atoms with E-state index in [9.17, 15) is 25.2 Å². The summed E-state index contributed by atoms with van der Waals surface area (Å²) < 4.78 is 53.0. The molecule has 1 heterocycles. The summed E-state index contributed by atoms with van der Waals surface area (Å²) in [4.78, 5) is 13.0. The van der Waals surface area contributed by atoms with Gasteiger partial charge in [-0.3, -0.25) is 4.79 Å². The second kappa shape index (κ2) is 9.32. The lowest BCUT2D eigenvalue weighted by atomic mass is 9.49. The van der Waals surface area contributed by atoms with Crippen LogP contribution in [0.25, 0.3) is 0 Å². The predicted molar refractivity (Wildman–Crippen MR) is 130 cm³/mol. The van der Waals surface area contributed by atoms with E-state index < -0.39 is 67.4 Å². The van der Waals surface area contributed by atoms with Gasteiger partial charge in [0.1, 0.15) is 6.10 Å². The number of fused-ring (bicyclic) bond motifs is 5. The third-order valence-electron chi connectivity index (χ3n) is 10.7. The highest BCUT2D eigenvalue weighted by molar-refractivity contribution is 5.70. The minimum absolute atomic E-state index is 0.00802. The van der Waals surface area contributed by atoms with Crippen molar-refractivity contribution >= 4 is 5.97 Å². The minimum Gasteiger partial charge on any atom is -0.462 e. The van der Waals surface area contributed by atoms with Crippen LogP contribution in [0.1, 0.15) is 94.6 Å².